The van der Waals surface area contributed by atoms with Crippen molar-refractivity contribution in [2.45, 2.75) is 50.5 Å². The molecule has 48 heavy (non-hydrogen) atoms. The number of para-hydroxylation sites is 1. The van der Waals surface area contributed by atoms with Gasteiger partial charge in [0.1, 0.15) is 11.2 Å². The van der Waals surface area contributed by atoms with Crippen molar-refractivity contribution in [2.75, 3.05) is 4.90 Å². The Bertz CT molecular complexity index is 2430. The monoisotopic (exact) mass is 633 g/mol. The Balaban J connectivity index is 1.34. The molecule has 4 heterocycles. The molecule has 0 bridgehead atoms. The van der Waals surface area contributed by atoms with Crippen molar-refractivity contribution < 1.29 is 4.42 Å². The van der Waals surface area contributed by atoms with E-state index in [9.17, 15) is 0 Å². The summed E-state index contributed by atoms with van der Waals surface area (Å²) in [6, 6.07) is 51.1. The Morgan fingerprint density at radius 2 is 1.31 bits per heavy atom. The molecule has 6 aromatic carbocycles. The van der Waals surface area contributed by atoms with Crippen molar-refractivity contribution in [1.82, 2.24) is 0 Å². The highest BCUT2D eigenvalue weighted by Crippen LogP contribution is 2.61. The highest BCUT2D eigenvalue weighted by Gasteiger charge is 2.63. The minimum atomic E-state index is -2.71. The number of anilines is 2. The van der Waals surface area contributed by atoms with E-state index in [-0.39, 0.29) is 17.7 Å². The summed E-state index contributed by atoms with van der Waals surface area (Å²) in [6.45, 7) is 5.30. The number of fused-ring (bicyclic) bond motifs is 11. The number of rotatable bonds is 2. The average Bonchev–Trinajstić information content (AvgIpc) is 3.60. The molecule has 1 aromatic heterocycles. The largest absolute Gasteiger partial charge is 0.456 e. The Hall–Kier alpha value is -4.80. The second-order valence-corrected chi connectivity index (χ2v) is 18.8. The van der Waals surface area contributed by atoms with E-state index in [4.69, 9.17) is 4.42 Å². The quantitative estimate of drug-likeness (QED) is 0.222. The molecule has 0 radical (unpaired) electrons. The molecule has 0 saturated heterocycles. The van der Waals surface area contributed by atoms with Crippen molar-refractivity contribution in [3.63, 3.8) is 0 Å². The molecule has 230 valence electrons. The van der Waals surface area contributed by atoms with E-state index < -0.39 is 8.07 Å². The summed E-state index contributed by atoms with van der Waals surface area (Å²) >= 11 is 0. The Morgan fingerprint density at radius 1 is 0.625 bits per heavy atom. The van der Waals surface area contributed by atoms with E-state index in [1.165, 1.54) is 74.3 Å². The zero-order chi connectivity index (χ0) is 31.8. The van der Waals surface area contributed by atoms with Gasteiger partial charge in [-0.2, -0.15) is 0 Å². The van der Waals surface area contributed by atoms with Gasteiger partial charge < -0.3 is 9.32 Å². The lowest BCUT2D eigenvalue weighted by Crippen LogP contribution is -2.87. The van der Waals surface area contributed by atoms with Crippen LogP contribution in [0, 0.1) is 0 Å². The van der Waals surface area contributed by atoms with Crippen LogP contribution < -0.4 is 42.0 Å². The van der Waals surface area contributed by atoms with Crippen LogP contribution in [-0.4, -0.2) is 20.3 Å². The SMILES string of the molecule is CC12CCCCC1(C)N1c3cc4c(cc3B3c5ccccc5[Si](c5ccccc5)(c5ccccc5)c5ccc2c1c53)oc1ccccc14. The molecular weight excluding hydrogens is 597 g/mol. The van der Waals surface area contributed by atoms with Crippen LogP contribution in [0.3, 0.4) is 0 Å². The molecule has 2 nitrogen and oxygen atoms in total. The van der Waals surface area contributed by atoms with Gasteiger partial charge in [-0.3, -0.25) is 0 Å². The first-order chi connectivity index (χ1) is 23.6. The predicted octanol–water partition coefficient (Wildman–Crippen LogP) is 5.85. The average molecular weight is 634 g/mol. The predicted molar refractivity (Wildman–Crippen MR) is 205 cm³/mol. The fourth-order valence-corrected chi connectivity index (χ4v) is 16.2. The first-order valence-corrected chi connectivity index (χ1v) is 19.7. The maximum Gasteiger partial charge on any atom is 0.246 e. The number of benzene rings is 6. The second-order valence-electron chi connectivity index (χ2n) is 15.1. The van der Waals surface area contributed by atoms with Crippen LogP contribution in [0.25, 0.3) is 21.9 Å². The normalized spacial score (nSPS) is 22.7. The van der Waals surface area contributed by atoms with Crippen molar-refractivity contribution in [3.05, 3.63) is 139 Å². The van der Waals surface area contributed by atoms with E-state index in [1.807, 2.05) is 0 Å². The molecule has 0 N–H and O–H groups in total. The lowest BCUT2D eigenvalue weighted by atomic mass is 9.34. The zero-order valence-electron chi connectivity index (χ0n) is 27.5. The molecule has 0 spiro atoms. The molecule has 4 aliphatic rings. The van der Waals surface area contributed by atoms with Gasteiger partial charge in [-0.25, -0.2) is 0 Å². The Kier molecular flexibility index (Phi) is 5.22. The number of nitrogens with zero attached hydrogens (tertiary/aromatic N) is 1. The molecular formula is C44H36BNOSi. The zero-order valence-corrected chi connectivity index (χ0v) is 28.5. The maximum atomic E-state index is 6.64. The molecule has 1 aliphatic carbocycles. The summed E-state index contributed by atoms with van der Waals surface area (Å²) in [5.74, 6) is 0. The number of hydrogen-bond acceptors (Lipinski definition) is 2. The standard InChI is InChI=1S/C44H36BNOSi/c1-43-25-13-14-26-44(43,2)46-36-27-32-31-19-9-11-21-37(31)47-38(32)28-35(36)45-34-20-10-12-22-39(34)48(29-15-5-3-6-16-29,30-17-7-4-8-18-30)40-24-23-33(43)42(46)41(40)45/h3-12,15-24,27-28H,13-14,25-26H2,1-2H3. The summed E-state index contributed by atoms with van der Waals surface area (Å²) in [7, 11) is -2.71. The van der Waals surface area contributed by atoms with E-state index in [2.05, 4.69) is 152 Å². The van der Waals surface area contributed by atoms with Gasteiger partial charge in [0.15, 0.2) is 8.07 Å². The van der Waals surface area contributed by atoms with Gasteiger partial charge in [0.05, 0.1) is 5.54 Å². The minimum absolute atomic E-state index is 0.0175. The molecule has 3 aliphatic heterocycles. The summed E-state index contributed by atoms with van der Waals surface area (Å²) in [4.78, 5) is 2.86. The molecule has 1 saturated carbocycles. The first kappa shape index (κ1) is 27.2. The third-order valence-corrected chi connectivity index (χ3v) is 18.1. The Morgan fingerprint density at radius 3 is 2.10 bits per heavy atom. The highest BCUT2D eigenvalue weighted by molar-refractivity contribution is 7.26. The summed E-state index contributed by atoms with van der Waals surface area (Å²) in [5.41, 5.74) is 10.8. The Labute approximate surface area is 283 Å². The number of furan rings is 1. The van der Waals surface area contributed by atoms with Gasteiger partial charge in [0.25, 0.3) is 0 Å². The smallest absolute Gasteiger partial charge is 0.246 e. The van der Waals surface area contributed by atoms with E-state index in [0.717, 1.165) is 11.2 Å². The van der Waals surface area contributed by atoms with Gasteiger partial charge in [-0.05, 0) is 75.2 Å². The molecule has 0 amide bonds. The molecule has 7 aromatic rings. The summed E-state index contributed by atoms with van der Waals surface area (Å²) < 4.78 is 6.64. The van der Waals surface area contributed by atoms with E-state index >= 15 is 0 Å². The van der Waals surface area contributed by atoms with Crippen LogP contribution in [0.5, 0.6) is 0 Å². The molecule has 4 heteroatoms. The van der Waals surface area contributed by atoms with Gasteiger partial charge in [0, 0.05) is 27.6 Å². The van der Waals surface area contributed by atoms with Gasteiger partial charge in [-0.1, -0.05) is 140 Å². The van der Waals surface area contributed by atoms with E-state index in [1.54, 1.807) is 16.2 Å². The minimum Gasteiger partial charge on any atom is -0.456 e. The second kappa shape index (κ2) is 9.21. The summed E-state index contributed by atoms with van der Waals surface area (Å²) in [5, 5.41) is 8.40. The molecule has 11 rings (SSSR count). The lowest BCUT2D eigenvalue weighted by molar-refractivity contribution is 0.195. The van der Waals surface area contributed by atoms with Crippen LogP contribution in [-0.2, 0) is 5.41 Å². The topological polar surface area (TPSA) is 16.4 Å². The van der Waals surface area contributed by atoms with Crippen LogP contribution in [0.4, 0.5) is 11.4 Å². The molecule has 1 fully saturated rings. The highest BCUT2D eigenvalue weighted by atomic mass is 28.3. The van der Waals surface area contributed by atoms with Crippen LogP contribution in [0.15, 0.2) is 138 Å². The van der Waals surface area contributed by atoms with Crippen molar-refractivity contribution in [1.29, 1.82) is 0 Å². The van der Waals surface area contributed by atoms with Crippen LogP contribution >= 0.6 is 0 Å². The molecule has 2 atom stereocenters. The number of hydrogen-bond donors (Lipinski definition) is 0. The van der Waals surface area contributed by atoms with Crippen molar-refractivity contribution in [3.8, 4) is 0 Å². The fourth-order valence-electron chi connectivity index (χ4n) is 10.9. The third kappa shape index (κ3) is 3.03. The van der Waals surface area contributed by atoms with Crippen molar-refractivity contribution >= 4 is 85.2 Å². The maximum absolute atomic E-state index is 6.64. The van der Waals surface area contributed by atoms with Gasteiger partial charge >= 0.3 is 0 Å². The van der Waals surface area contributed by atoms with Gasteiger partial charge in [-0.15, -0.1) is 0 Å². The fraction of sp³-hybridized carbons (Fsp3) is 0.182. The first-order valence-electron chi connectivity index (χ1n) is 17.7. The van der Waals surface area contributed by atoms with Crippen molar-refractivity contribution in [2.24, 2.45) is 0 Å². The van der Waals surface area contributed by atoms with Crippen LogP contribution in [0.2, 0.25) is 0 Å². The summed E-state index contributed by atoms with van der Waals surface area (Å²) in [6.07, 6.45) is 4.97. The van der Waals surface area contributed by atoms with E-state index in [0.29, 0.717) is 0 Å². The molecule has 2 unspecified atom stereocenters. The third-order valence-electron chi connectivity index (χ3n) is 13.2. The lowest BCUT2D eigenvalue weighted by Gasteiger charge is -2.52. The van der Waals surface area contributed by atoms with Crippen LogP contribution in [0.1, 0.15) is 45.1 Å². The van der Waals surface area contributed by atoms with Gasteiger partial charge in [0.2, 0.25) is 6.71 Å².